The summed E-state index contributed by atoms with van der Waals surface area (Å²) in [6, 6.07) is 3.55. The number of aliphatic carboxylic acids is 1. The molecule has 6 heteroatoms. The van der Waals surface area contributed by atoms with E-state index in [0.717, 1.165) is 11.0 Å². The monoisotopic (exact) mass is 257 g/mol. The minimum Gasteiger partial charge on any atom is -0.480 e. The first-order valence-corrected chi connectivity index (χ1v) is 5.38. The summed E-state index contributed by atoms with van der Waals surface area (Å²) in [4.78, 5) is 23.3. The minimum atomic E-state index is -1.15. The normalized spacial score (nSPS) is 10.2. The van der Waals surface area contributed by atoms with Crippen LogP contribution in [0.3, 0.4) is 0 Å². The van der Waals surface area contributed by atoms with Crippen LogP contribution in [0.2, 0.25) is 0 Å². The van der Waals surface area contributed by atoms with Crippen LogP contribution in [0.4, 0.5) is 8.78 Å². The van der Waals surface area contributed by atoms with Crippen LogP contribution in [0, 0.1) is 11.6 Å². The van der Waals surface area contributed by atoms with Crippen LogP contribution in [-0.2, 0) is 16.0 Å². The topological polar surface area (TPSA) is 57.6 Å². The van der Waals surface area contributed by atoms with E-state index in [4.69, 9.17) is 5.11 Å². The Kier molecular flexibility index (Phi) is 4.76. The SMILES string of the molecule is CCN(CC(=O)O)C(=O)Cc1cccc(F)c1F. The average Bonchev–Trinajstić information content (AvgIpc) is 2.31. The maximum atomic E-state index is 13.3. The van der Waals surface area contributed by atoms with Crippen LogP contribution in [-0.4, -0.2) is 35.0 Å². The lowest BCUT2D eigenvalue weighted by Gasteiger charge is -2.18. The summed E-state index contributed by atoms with van der Waals surface area (Å²) in [5.74, 6) is -3.80. The molecule has 1 rings (SSSR count). The van der Waals surface area contributed by atoms with Crippen molar-refractivity contribution in [1.29, 1.82) is 0 Å². The number of halogens is 2. The fraction of sp³-hybridized carbons (Fsp3) is 0.333. The second-order valence-electron chi connectivity index (χ2n) is 3.69. The third-order valence-electron chi connectivity index (χ3n) is 2.43. The molecule has 0 aliphatic rings. The highest BCUT2D eigenvalue weighted by Crippen LogP contribution is 2.12. The molecule has 0 spiro atoms. The van der Waals surface area contributed by atoms with Crippen LogP contribution in [0.15, 0.2) is 18.2 Å². The van der Waals surface area contributed by atoms with Crippen molar-refractivity contribution in [3.8, 4) is 0 Å². The van der Waals surface area contributed by atoms with Gasteiger partial charge in [-0.15, -0.1) is 0 Å². The molecule has 0 heterocycles. The number of amides is 1. The van der Waals surface area contributed by atoms with Gasteiger partial charge in [0.2, 0.25) is 5.91 Å². The molecule has 4 nitrogen and oxygen atoms in total. The van der Waals surface area contributed by atoms with Gasteiger partial charge in [0.15, 0.2) is 11.6 Å². The third kappa shape index (κ3) is 3.51. The van der Waals surface area contributed by atoms with Gasteiger partial charge in [-0.25, -0.2) is 8.78 Å². The van der Waals surface area contributed by atoms with Crippen molar-refractivity contribution in [2.24, 2.45) is 0 Å². The van der Waals surface area contributed by atoms with Crippen molar-refractivity contribution < 1.29 is 23.5 Å². The van der Waals surface area contributed by atoms with Crippen molar-refractivity contribution in [1.82, 2.24) is 4.90 Å². The molecule has 0 aliphatic carbocycles. The lowest BCUT2D eigenvalue weighted by Crippen LogP contribution is -2.36. The number of carbonyl (C=O) groups excluding carboxylic acids is 1. The summed E-state index contributed by atoms with van der Waals surface area (Å²) in [6.45, 7) is 1.36. The molecule has 0 aliphatic heterocycles. The number of likely N-dealkylation sites (N-methyl/N-ethyl adjacent to an activating group) is 1. The number of rotatable bonds is 5. The van der Waals surface area contributed by atoms with Crippen LogP contribution >= 0.6 is 0 Å². The van der Waals surface area contributed by atoms with Crippen LogP contribution in [0.5, 0.6) is 0 Å². The van der Waals surface area contributed by atoms with Crippen molar-refractivity contribution in [2.45, 2.75) is 13.3 Å². The Hall–Kier alpha value is -1.98. The Balaban J connectivity index is 2.80. The lowest BCUT2D eigenvalue weighted by molar-refractivity contribution is -0.144. The molecule has 0 unspecified atom stereocenters. The summed E-state index contributed by atoms with van der Waals surface area (Å²) in [5, 5.41) is 8.60. The maximum Gasteiger partial charge on any atom is 0.323 e. The Labute approximate surface area is 103 Å². The van der Waals surface area contributed by atoms with Gasteiger partial charge in [0, 0.05) is 12.1 Å². The van der Waals surface area contributed by atoms with E-state index in [1.165, 1.54) is 12.1 Å². The van der Waals surface area contributed by atoms with E-state index in [1.54, 1.807) is 6.92 Å². The van der Waals surface area contributed by atoms with E-state index in [1.807, 2.05) is 0 Å². The number of nitrogens with zero attached hydrogens (tertiary/aromatic N) is 1. The van der Waals surface area contributed by atoms with Gasteiger partial charge in [0.1, 0.15) is 6.54 Å². The first kappa shape index (κ1) is 14.1. The lowest BCUT2D eigenvalue weighted by atomic mass is 10.1. The quantitative estimate of drug-likeness (QED) is 0.868. The molecule has 1 aromatic carbocycles. The molecule has 1 amide bonds. The molecule has 0 atom stereocenters. The molecule has 1 aromatic rings. The summed E-state index contributed by atoms with van der Waals surface area (Å²) < 4.78 is 26.3. The fourth-order valence-electron chi connectivity index (χ4n) is 1.50. The number of carbonyl (C=O) groups is 2. The Morgan fingerprint density at radius 2 is 2.00 bits per heavy atom. The Morgan fingerprint density at radius 3 is 2.56 bits per heavy atom. The second kappa shape index (κ2) is 6.09. The zero-order chi connectivity index (χ0) is 13.7. The maximum absolute atomic E-state index is 13.3. The van der Waals surface area contributed by atoms with Gasteiger partial charge in [-0.3, -0.25) is 9.59 Å². The smallest absolute Gasteiger partial charge is 0.323 e. The molecular weight excluding hydrogens is 244 g/mol. The van der Waals surface area contributed by atoms with Crippen molar-refractivity contribution in [2.75, 3.05) is 13.1 Å². The van der Waals surface area contributed by atoms with Gasteiger partial charge in [0.25, 0.3) is 0 Å². The van der Waals surface area contributed by atoms with Crippen LogP contribution < -0.4 is 0 Å². The van der Waals surface area contributed by atoms with Gasteiger partial charge >= 0.3 is 5.97 Å². The minimum absolute atomic E-state index is 0.0798. The number of carboxylic acid groups (broad SMARTS) is 1. The summed E-state index contributed by atoms with van der Waals surface area (Å²) in [6.07, 6.45) is -0.356. The predicted molar refractivity (Wildman–Crippen MR) is 60.0 cm³/mol. The largest absolute Gasteiger partial charge is 0.480 e. The van der Waals surface area contributed by atoms with Crippen molar-refractivity contribution in [3.63, 3.8) is 0 Å². The van der Waals surface area contributed by atoms with Crippen LogP contribution in [0.1, 0.15) is 12.5 Å². The van der Waals surface area contributed by atoms with E-state index >= 15 is 0 Å². The van der Waals surface area contributed by atoms with Crippen molar-refractivity contribution in [3.05, 3.63) is 35.4 Å². The highest BCUT2D eigenvalue weighted by Gasteiger charge is 2.18. The molecule has 0 aromatic heterocycles. The zero-order valence-electron chi connectivity index (χ0n) is 9.82. The number of benzene rings is 1. The van der Waals surface area contributed by atoms with Crippen molar-refractivity contribution >= 4 is 11.9 Å². The standard InChI is InChI=1S/C12H13F2NO3/c1-2-15(7-11(17)18)10(16)6-8-4-3-5-9(13)12(8)14/h3-5H,2,6-7H2,1H3,(H,17,18). The van der Waals surface area contributed by atoms with Gasteiger partial charge in [-0.2, -0.15) is 0 Å². The van der Waals surface area contributed by atoms with E-state index in [9.17, 15) is 18.4 Å². The fourth-order valence-corrected chi connectivity index (χ4v) is 1.50. The summed E-state index contributed by atoms with van der Waals surface area (Å²) in [5.41, 5.74) is -0.0798. The van der Waals surface area contributed by atoms with Gasteiger partial charge < -0.3 is 10.0 Å². The Bertz CT molecular complexity index is 463. The van der Waals surface area contributed by atoms with Crippen LogP contribution in [0.25, 0.3) is 0 Å². The molecule has 0 saturated heterocycles. The molecule has 98 valence electrons. The molecule has 18 heavy (non-hydrogen) atoms. The van der Waals surface area contributed by atoms with Gasteiger partial charge in [-0.1, -0.05) is 12.1 Å². The summed E-state index contributed by atoms with van der Waals surface area (Å²) >= 11 is 0. The molecule has 0 saturated carbocycles. The zero-order valence-corrected chi connectivity index (χ0v) is 9.82. The molecule has 0 bridgehead atoms. The molecule has 1 N–H and O–H groups in total. The predicted octanol–water partition coefficient (Wildman–Crippen LogP) is 1.44. The second-order valence-corrected chi connectivity index (χ2v) is 3.69. The summed E-state index contributed by atoms with van der Waals surface area (Å²) in [7, 11) is 0. The Morgan fingerprint density at radius 1 is 1.33 bits per heavy atom. The molecule has 0 fully saturated rings. The number of carboxylic acids is 1. The van der Waals surface area contributed by atoms with E-state index in [0.29, 0.717) is 0 Å². The first-order valence-electron chi connectivity index (χ1n) is 5.38. The third-order valence-corrected chi connectivity index (χ3v) is 2.43. The highest BCUT2D eigenvalue weighted by molar-refractivity contribution is 5.83. The first-order chi connectivity index (χ1) is 8.45. The van der Waals surface area contributed by atoms with Gasteiger partial charge in [0.05, 0.1) is 6.42 Å². The average molecular weight is 257 g/mol. The highest BCUT2D eigenvalue weighted by atomic mass is 19.2. The van der Waals surface area contributed by atoms with E-state index in [-0.39, 0.29) is 18.5 Å². The number of hydrogen-bond acceptors (Lipinski definition) is 2. The van der Waals surface area contributed by atoms with E-state index < -0.39 is 30.1 Å². The van der Waals surface area contributed by atoms with Gasteiger partial charge in [-0.05, 0) is 13.0 Å². The molecular formula is C12H13F2NO3. The van der Waals surface area contributed by atoms with E-state index in [2.05, 4.69) is 0 Å². The number of hydrogen-bond donors (Lipinski definition) is 1. The molecule has 0 radical (unpaired) electrons.